The number of esters is 3. The summed E-state index contributed by atoms with van der Waals surface area (Å²) in [6, 6.07) is 11.0. The predicted octanol–water partition coefficient (Wildman–Crippen LogP) is 3.99. The lowest BCUT2D eigenvalue weighted by atomic mass is 9.47. The smallest absolute Gasteiger partial charge is 0.344 e. The highest BCUT2D eigenvalue weighted by atomic mass is 16.6. The van der Waals surface area contributed by atoms with E-state index in [1.165, 1.54) is 21.1 Å². The minimum absolute atomic E-state index is 0.0986. The summed E-state index contributed by atoms with van der Waals surface area (Å²) in [4.78, 5) is 53.2. The lowest BCUT2D eigenvalue weighted by molar-refractivity contribution is -0.228. The second kappa shape index (κ2) is 13.8. The van der Waals surface area contributed by atoms with Crippen molar-refractivity contribution in [2.24, 2.45) is 11.3 Å². The number of hydrogen-bond acceptors (Lipinski definition) is 12. The Morgan fingerprint density at radius 3 is 2.41 bits per heavy atom. The molecule has 6 heterocycles. The first-order valence-corrected chi connectivity index (χ1v) is 21.2. The van der Waals surface area contributed by atoms with Crippen molar-refractivity contribution in [1.82, 2.24) is 14.8 Å². The van der Waals surface area contributed by atoms with Gasteiger partial charge in [0.05, 0.1) is 33.0 Å². The standard InChI is InChI=1S/C46H58N4O9/c1-8-42(54)23-28-24-45(40(52)57-6,36-30(15-19-49(25-28)26-42)29-13-10-11-14-33(29)47-36)32-21-31-34(22-35(32)56-5)48(4)38-44(31)17-20-50-18-12-16-43(9-2,37(44)50)39(59-27(3)51)46(38,55)41(53)58-7/h10-14,16,21-22,28,37-39,47,54-55H,8-9,15,17-20,23-26H2,1-7H3/t28-,37-,38+,39-,42-,43+,44+,45-,46+/m1/s1. The summed E-state index contributed by atoms with van der Waals surface area (Å²) >= 11 is 0. The molecule has 1 unspecified atom stereocenters. The van der Waals surface area contributed by atoms with Crippen LogP contribution < -0.4 is 9.64 Å². The third kappa shape index (κ3) is 5.20. The van der Waals surface area contributed by atoms with Gasteiger partial charge in [-0.1, -0.05) is 44.2 Å². The first-order chi connectivity index (χ1) is 28.2. The van der Waals surface area contributed by atoms with Crippen LogP contribution in [0.25, 0.3) is 10.9 Å². The first kappa shape index (κ1) is 40.0. The van der Waals surface area contributed by atoms with E-state index < -0.39 is 57.5 Å². The maximum absolute atomic E-state index is 15.3. The second-order valence-corrected chi connectivity index (χ2v) is 18.2. The van der Waals surface area contributed by atoms with Gasteiger partial charge in [0.1, 0.15) is 11.2 Å². The van der Waals surface area contributed by atoms with Crippen LogP contribution in [0.3, 0.4) is 0 Å². The molecule has 2 saturated heterocycles. The molecule has 1 aliphatic carbocycles. The Balaban J connectivity index is 1.36. The van der Waals surface area contributed by atoms with Crippen LogP contribution in [0, 0.1) is 11.3 Å². The number of rotatable bonds is 7. The fourth-order valence-electron chi connectivity index (χ4n) is 13.5. The molecule has 1 saturated carbocycles. The van der Waals surface area contributed by atoms with E-state index in [-0.39, 0.29) is 12.0 Å². The molecule has 3 aromatic rings. The number of hydrogen-bond donors (Lipinski definition) is 3. The number of nitrogens with zero attached hydrogens (tertiary/aromatic N) is 3. The summed E-state index contributed by atoms with van der Waals surface area (Å²) in [5.41, 5.74) is -1.62. The molecule has 1 aromatic heterocycles. The SMILES string of the molecule is CC[C@@]1(O)C[C@H]2CN(CCc3c([nH]c4ccccc34)[C@](C(=O)OC)(c3cc4c(cc3OC)N(C)[C@@H]3[C@@](O)(C(=O)OC)[C@H](OC(C)=O)[C@@]5(CC)C=CCN6CC[C@@]43[C@H]65)C2)C1. The lowest BCUT2D eigenvalue weighted by Crippen LogP contribution is -2.81. The van der Waals surface area contributed by atoms with Gasteiger partial charge in [-0.2, -0.15) is 0 Å². The number of carbonyl (C=O) groups is 3. The molecule has 10 atom stereocenters. The molecule has 5 aliphatic heterocycles. The number of aliphatic hydroxyl groups is 2. The largest absolute Gasteiger partial charge is 0.496 e. The van der Waals surface area contributed by atoms with Gasteiger partial charge in [0.25, 0.3) is 0 Å². The Bertz CT molecular complexity index is 2260. The molecular formula is C46H58N4O9. The number of likely N-dealkylation sites (N-methyl/N-ethyl adjacent to an activating group) is 1. The summed E-state index contributed by atoms with van der Waals surface area (Å²) in [5.74, 6) is -1.56. The summed E-state index contributed by atoms with van der Waals surface area (Å²) in [5, 5.41) is 26.3. The lowest BCUT2D eigenvalue weighted by Gasteiger charge is -2.63. The van der Waals surface area contributed by atoms with E-state index in [1.807, 2.05) is 50.1 Å². The number of anilines is 1. The van der Waals surface area contributed by atoms with Gasteiger partial charge >= 0.3 is 17.9 Å². The highest BCUT2D eigenvalue weighted by Crippen LogP contribution is 2.68. The number of H-pyrrole nitrogens is 1. The molecule has 0 amide bonds. The number of para-hydroxylation sites is 1. The van der Waals surface area contributed by atoms with Gasteiger partial charge in [0, 0.05) is 90.9 Å². The maximum atomic E-state index is 15.3. The predicted molar refractivity (Wildman–Crippen MR) is 220 cm³/mol. The van der Waals surface area contributed by atoms with E-state index in [9.17, 15) is 19.8 Å². The number of aromatic amines is 1. The average Bonchev–Trinajstić information content (AvgIpc) is 3.90. The van der Waals surface area contributed by atoms with Crippen molar-refractivity contribution >= 4 is 34.5 Å². The van der Waals surface area contributed by atoms with E-state index in [0.29, 0.717) is 82.6 Å². The first-order valence-electron chi connectivity index (χ1n) is 21.2. The third-order valence-electron chi connectivity index (χ3n) is 15.6. The molecule has 0 radical (unpaired) electrons. The molecule has 316 valence electrons. The van der Waals surface area contributed by atoms with Crippen molar-refractivity contribution in [2.75, 3.05) is 66.0 Å². The van der Waals surface area contributed by atoms with E-state index in [4.69, 9.17) is 18.9 Å². The van der Waals surface area contributed by atoms with Crippen molar-refractivity contribution < 1.29 is 43.5 Å². The minimum atomic E-state index is -2.30. The number of carbonyl (C=O) groups excluding carboxylic acids is 3. The van der Waals surface area contributed by atoms with Crippen LogP contribution in [0.2, 0.25) is 0 Å². The Hall–Kier alpha value is -4.43. The number of nitrogens with one attached hydrogen (secondary N) is 1. The van der Waals surface area contributed by atoms with Crippen molar-refractivity contribution in [3.8, 4) is 5.75 Å². The maximum Gasteiger partial charge on any atom is 0.344 e. The van der Waals surface area contributed by atoms with Crippen molar-refractivity contribution in [2.45, 2.75) is 99.5 Å². The van der Waals surface area contributed by atoms with Gasteiger partial charge < -0.3 is 39.0 Å². The van der Waals surface area contributed by atoms with Crippen LogP contribution in [-0.4, -0.2) is 133 Å². The molecule has 13 heteroatoms. The Labute approximate surface area is 345 Å². The van der Waals surface area contributed by atoms with E-state index in [0.717, 1.165) is 33.4 Å². The average molecular weight is 811 g/mol. The van der Waals surface area contributed by atoms with Gasteiger partial charge in [-0.15, -0.1) is 0 Å². The number of benzene rings is 2. The van der Waals surface area contributed by atoms with Crippen molar-refractivity contribution in [3.05, 3.63) is 70.9 Å². The molecule has 13 nitrogen and oxygen atoms in total. The zero-order valence-electron chi connectivity index (χ0n) is 35.3. The third-order valence-corrected chi connectivity index (χ3v) is 15.6. The zero-order chi connectivity index (χ0) is 41.9. The molecule has 59 heavy (non-hydrogen) atoms. The topological polar surface area (TPSA) is 154 Å². The van der Waals surface area contributed by atoms with Crippen LogP contribution in [0.15, 0.2) is 48.6 Å². The minimum Gasteiger partial charge on any atom is -0.496 e. The number of fused-ring (bicyclic) bond motifs is 6. The second-order valence-electron chi connectivity index (χ2n) is 18.2. The summed E-state index contributed by atoms with van der Waals surface area (Å²) in [6.07, 6.45) is 5.94. The molecule has 2 aromatic carbocycles. The normalized spacial score (nSPS) is 37.0. The Morgan fingerprint density at radius 1 is 0.949 bits per heavy atom. The van der Waals surface area contributed by atoms with E-state index in [1.54, 1.807) is 7.11 Å². The molecular weight excluding hydrogens is 753 g/mol. The molecule has 3 N–H and O–H groups in total. The van der Waals surface area contributed by atoms with Crippen LogP contribution in [-0.2, 0) is 45.8 Å². The highest BCUT2D eigenvalue weighted by Gasteiger charge is 2.80. The fourth-order valence-corrected chi connectivity index (χ4v) is 13.5. The fraction of sp³-hybridized carbons (Fsp3) is 0.587. The van der Waals surface area contributed by atoms with Gasteiger partial charge in [-0.05, 0) is 74.2 Å². The van der Waals surface area contributed by atoms with Crippen LogP contribution >= 0.6 is 0 Å². The number of aromatic nitrogens is 1. The summed E-state index contributed by atoms with van der Waals surface area (Å²) in [6.45, 7) is 8.62. The summed E-state index contributed by atoms with van der Waals surface area (Å²) in [7, 11) is 6.15. The molecule has 3 fully saturated rings. The Kier molecular flexibility index (Phi) is 9.36. The van der Waals surface area contributed by atoms with Crippen LogP contribution in [0.5, 0.6) is 5.75 Å². The number of ether oxygens (including phenoxy) is 4. The highest BCUT2D eigenvalue weighted by molar-refractivity contribution is 5.95. The number of piperidine rings is 1. The zero-order valence-corrected chi connectivity index (χ0v) is 35.3. The quantitative estimate of drug-likeness (QED) is 0.180. The van der Waals surface area contributed by atoms with Crippen molar-refractivity contribution in [1.29, 1.82) is 0 Å². The van der Waals surface area contributed by atoms with Gasteiger partial charge in [0.15, 0.2) is 6.10 Å². The van der Waals surface area contributed by atoms with Crippen LogP contribution in [0.1, 0.15) is 75.3 Å². The van der Waals surface area contributed by atoms with E-state index >= 15 is 4.79 Å². The Morgan fingerprint density at radius 2 is 1.71 bits per heavy atom. The monoisotopic (exact) mass is 810 g/mol. The van der Waals surface area contributed by atoms with Crippen molar-refractivity contribution in [3.63, 3.8) is 0 Å². The molecule has 2 bridgehead atoms. The number of methoxy groups -OCH3 is 3. The van der Waals surface area contributed by atoms with Crippen LogP contribution in [0.4, 0.5) is 5.69 Å². The molecule has 1 spiro atoms. The summed E-state index contributed by atoms with van der Waals surface area (Å²) < 4.78 is 23.9. The van der Waals surface area contributed by atoms with Gasteiger partial charge in [0.2, 0.25) is 5.60 Å². The van der Waals surface area contributed by atoms with Gasteiger partial charge in [-0.3, -0.25) is 19.4 Å². The van der Waals surface area contributed by atoms with Gasteiger partial charge in [-0.25, -0.2) is 4.79 Å². The molecule has 6 aliphatic rings. The van der Waals surface area contributed by atoms with E-state index in [2.05, 4.69) is 39.1 Å². The molecule has 9 rings (SSSR count).